The molecule has 0 amide bonds. The Hall–Kier alpha value is -1.03. The molecule has 0 saturated carbocycles. The van der Waals surface area contributed by atoms with Gasteiger partial charge >= 0.3 is 0 Å². The molecule has 1 saturated heterocycles. The van der Waals surface area contributed by atoms with Crippen LogP contribution < -0.4 is 5.73 Å². The van der Waals surface area contributed by atoms with Crippen LogP contribution in [0.4, 0.5) is 5.69 Å². The number of aromatic nitrogens is 2. The van der Waals surface area contributed by atoms with E-state index in [1.165, 1.54) is 19.4 Å². The molecule has 2 heterocycles. The second-order valence-electron chi connectivity index (χ2n) is 3.77. The number of rotatable bonds is 2. The summed E-state index contributed by atoms with van der Waals surface area (Å²) < 4.78 is 1.93. The van der Waals surface area contributed by atoms with Gasteiger partial charge in [0.25, 0.3) is 0 Å². The quantitative estimate of drug-likeness (QED) is 0.723. The van der Waals surface area contributed by atoms with E-state index in [0.717, 1.165) is 12.2 Å². The minimum absolute atomic E-state index is 0.638. The molecule has 72 valence electrons. The molecule has 0 spiro atoms. The number of likely N-dealkylation sites (tertiary alicyclic amines) is 1. The van der Waals surface area contributed by atoms with Gasteiger partial charge in [-0.25, -0.2) is 0 Å². The molecule has 0 bridgehead atoms. The van der Waals surface area contributed by atoms with Crippen LogP contribution in [0, 0.1) is 0 Å². The molecule has 1 aliphatic rings. The minimum atomic E-state index is 0.638. The predicted molar refractivity (Wildman–Crippen MR) is 52.3 cm³/mol. The van der Waals surface area contributed by atoms with E-state index < -0.39 is 0 Å². The molecule has 2 rings (SSSR count). The highest BCUT2D eigenvalue weighted by molar-refractivity contribution is 5.30. The normalized spacial score (nSPS) is 23.9. The van der Waals surface area contributed by atoms with Crippen molar-refractivity contribution >= 4 is 5.69 Å². The maximum Gasteiger partial charge on any atom is 0.0719 e. The average Bonchev–Trinajstić information content (AvgIpc) is 2.64. The van der Waals surface area contributed by atoms with E-state index in [0.29, 0.717) is 6.04 Å². The lowest BCUT2D eigenvalue weighted by Crippen LogP contribution is -2.29. The molecule has 4 nitrogen and oxygen atoms in total. The Kier molecular flexibility index (Phi) is 2.22. The number of hydrogen-bond acceptors (Lipinski definition) is 3. The maximum atomic E-state index is 5.59. The predicted octanol–water partition coefficient (Wildman–Crippen LogP) is 0.559. The van der Waals surface area contributed by atoms with Crippen molar-refractivity contribution in [1.29, 1.82) is 0 Å². The van der Waals surface area contributed by atoms with Gasteiger partial charge in [-0.1, -0.05) is 0 Å². The summed E-state index contributed by atoms with van der Waals surface area (Å²) in [5.74, 6) is 0. The van der Waals surface area contributed by atoms with Crippen LogP contribution in [0.1, 0.15) is 12.8 Å². The highest BCUT2D eigenvalue weighted by Crippen LogP contribution is 2.16. The molecule has 0 unspecified atom stereocenters. The zero-order valence-electron chi connectivity index (χ0n) is 7.98. The van der Waals surface area contributed by atoms with E-state index in [2.05, 4.69) is 17.0 Å². The molecule has 1 aliphatic heterocycles. The van der Waals surface area contributed by atoms with Crippen molar-refractivity contribution in [1.82, 2.24) is 14.7 Å². The zero-order valence-corrected chi connectivity index (χ0v) is 7.98. The molecular formula is C9H16N4. The summed E-state index contributed by atoms with van der Waals surface area (Å²) in [4.78, 5) is 2.39. The number of nitrogens with zero attached hydrogens (tertiary/aromatic N) is 3. The third kappa shape index (κ3) is 1.83. The van der Waals surface area contributed by atoms with Crippen LogP contribution in [0.2, 0.25) is 0 Å². The van der Waals surface area contributed by atoms with Crippen LogP contribution in [-0.4, -0.2) is 34.3 Å². The lowest BCUT2D eigenvalue weighted by atomic mass is 10.2. The van der Waals surface area contributed by atoms with Gasteiger partial charge in [0.1, 0.15) is 0 Å². The monoisotopic (exact) mass is 180 g/mol. The highest BCUT2D eigenvalue weighted by atomic mass is 15.3. The Bertz CT molecular complexity index is 281. The van der Waals surface area contributed by atoms with E-state index in [-0.39, 0.29) is 0 Å². The summed E-state index contributed by atoms with van der Waals surface area (Å²) in [6.45, 7) is 2.18. The van der Waals surface area contributed by atoms with Crippen LogP contribution in [-0.2, 0) is 6.54 Å². The van der Waals surface area contributed by atoms with Crippen molar-refractivity contribution in [3.05, 3.63) is 12.4 Å². The Balaban J connectivity index is 1.97. The van der Waals surface area contributed by atoms with E-state index in [1.54, 1.807) is 6.20 Å². The third-order valence-electron chi connectivity index (χ3n) is 2.72. The Morgan fingerprint density at radius 1 is 1.69 bits per heavy atom. The van der Waals surface area contributed by atoms with Gasteiger partial charge in [0.2, 0.25) is 0 Å². The number of nitrogens with two attached hydrogens (primary N) is 1. The molecule has 13 heavy (non-hydrogen) atoms. The molecule has 1 atom stereocenters. The fraction of sp³-hybridized carbons (Fsp3) is 0.667. The minimum Gasteiger partial charge on any atom is -0.396 e. The van der Waals surface area contributed by atoms with Gasteiger partial charge in [0.05, 0.1) is 18.4 Å². The van der Waals surface area contributed by atoms with E-state index in [9.17, 15) is 0 Å². The molecular weight excluding hydrogens is 164 g/mol. The van der Waals surface area contributed by atoms with Crippen LogP contribution in [0.3, 0.4) is 0 Å². The van der Waals surface area contributed by atoms with Crippen LogP contribution >= 0.6 is 0 Å². The van der Waals surface area contributed by atoms with Crippen molar-refractivity contribution in [2.75, 3.05) is 19.3 Å². The van der Waals surface area contributed by atoms with Gasteiger partial charge in [0.15, 0.2) is 0 Å². The lowest BCUT2D eigenvalue weighted by molar-refractivity contribution is 0.274. The molecule has 2 N–H and O–H groups in total. The Morgan fingerprint density at radius 2 is 2.54 bits per heavy atom. The molecule has 1 fully saturated rings. The standard InChI is InChI=1S/C9H16N4/c1-12-4-2-3-9(12)7-13-6-8(10)5-11-13/h5-6,9H,2-4,7,10H2,1H3/t9-/m0/s1. The first-order chi connectivity index (χ1) is 6.25. The molecule has 4 heteroatoms. The highest BCUT2D eigenvalue weighted by Gasteiger charge is 2.20. The lowest BCUT2D eigenvalue weighted by Gasteiger charge is -2.18. The first kappa shape index (κ1) is 8.56. The van der Waals surface area contributed by atoms with Gasteiger partial charge in [0, 0.05) is 12.2 Å². The zero-order chi connectivity index (χ0) is 9.26. The largest absolute Gasteiger partial charge is 0.396 e. The fourth-order valence-corrected chi connectivity index (χ4v) is 1.91. The van der Waals surface area contributed by atoms with E-state index >= 15 is 0 Å². The van der Waals surface area contributed by atoms with Crippen molar-refractivity contribution in [2.24, 2.45) is 0 Å². The smallest absolute Gasteiger partial charge is 0.0719 e. The number of hydrogen-bond donors (Lipinski definition) is 1. The molecule has 0 aromatic carbocycles. The first-order valence-corrected chi connectivity index (χ1v) is 4.74. The summed E-state index contributed by atoms with van der Waals surface area (Å²) in [6.07, 6.45) is 6.18. The third-order valence-corrected chi connectivity index (χ3v) is 2.72. The molecule has 1 aromatic rings. The Labute approximate surface area is 78.3 Å². The van der Waals surface area contributed by atoms with Gasteiger partial charge in [-0.05, 0) is 26.4 Å². The van der Waals surface area contributed by atoms with Crippen molar-refractivity contribution < 1.29 is 0 Å². The van der Waals surface area contributed by atoms with Crippen molar-refractivity contribution in [3.8, 4) is 0 Å². The molecule has 1 aromatic heterocycles. The topological polar surface area (TPSA) is 47.1 Å². The SMILES string of the molecule is CN1CCC[C@H]1Cn1cc(N)cn1. The average molecular weight is 180 g/mol. The van der Waals surface area contributed by atoms with Gasteiger partial charge in [-0.15, -0.1) is 0 Å². The van der Waals surface area contributed by atoms with Crippen LogP contribution in [0.25, 0.3) is 0 Å². The van der Waals surface area contributed by atoms with Crippen LogP contribution in [0.15, 0.2) is 12.4 Å². The van der Waals surface area contributed by atoms with Crippen molar-refractivity contribution in [3.63, 3.8) is 0 Å². The Morgan fingerprint density at radius 3 is 3.08 bits per heavy atom. The second-order valence-corrected chi connectivity index (χ2v) is 3.77. The first-order valence-electron chi connectivity index (χ1n) is 4.74. The second kappa shape index (κ2) is 3.38. The number of likely N-dealkylation sites (N-methyl/N-ethyl adjacent to an activating group) is 1. The number of nitrogen functional groups attached to an aromatic ring is 1. The van der Waals surface area contributed by atoms with Crippen LogP contribution in [0.5, 0.6) is 0 Å². The summed E-state index contributed by atoms with van der Waals surface area (Å²) >= 11 is 0. The van der Waals surface area contributed by atoms with Gasteiger partial charge in [-0.2, -0.15) is 5.10 Å². The fourth-order valence-electron chi connectivity index (χ4n) is 1.91. The summed E-state index contributed by atoms with van der Waals surface area (Å²) in [5, 5.41) is 4.18. The number of anilines is 1. The molecule has 0 aliphatic carbocycles. The summed E-state index contributed by atoms with van der Waals surface area (Å²) in [7, 11) is 2.17. The van der Waals surface area contributed by atoms with E-state index in [4.69, 9.17) is 5.73 Å². The summed E-state index contributed by atoms with van der Waals surface area (Å²) in [5.41, 5.74) is 6.34. The van der Waals surface area contributed by atoms with Crippen molar-refractivity contribution in [2.45, 2.75) is 25.4 Å². The van der Waals surface area contributed by atoms with Gasteiger partial charge < -0.3 is 10.6 Å². The molecule has 0 radical (unpaired) electrons. The maximum absolute atomic E-state index is 5.59. The summed E-state index contributed by atoms with van der Waals surface area (Å²) in [6, 6.07) is 0.638. The van der Waals surface area contributed by atoms with Gasteiger partial charge in [-0.3, -0.25) is 4.68 Å². The van der Waals surface area contributed by atoms with E-state index in [1.807, 2.05) is 10.9 Å².